The molecular formula is C22H21NO2. The Hall–Kier alpha value is -3.07. The molecule has 126 valence electrons. The Morgan fingerprint density at radius 1 is 0.880 bits per heavy atom. The maximum Gasteiger partial charge on any atom is 0.255 e. The zero-order valence-electron chi connectivity index (χ0n) is 14.2. The van der Waals surface area contributed by atoms with Crippen LogP contribution in [-0.4, -0.2) is 5.91 Å². The van der Waals surface area contributed by atoms with Crippen LogP contribution < -0.4 is 10.1 Å². The van der Waals surface area contributed by atoms with Crippen LogP contribution in [0, 0.1) is 0 Å². The van der Waals surface area contributed by atoms with E-state index in [1.165, 1.54) is 5.56 Å². The SMILES string of the molecule is CCc1cccc(NC(=O)c2ccc(COc3ccccc3)cc2)c1. The standard InChI is InChI=1S/C22H21NO2/c1-2-17-7-6-8-20(15-17)23-22(24)19-13-11-18(12-14-19)16-25-21-9-4-3-5-10-21/h3-15H,2,16H2,1H3,(H,23,24). The van der Waals surface area contributed by atoms with E-state index in [0.29, 0.717) is 12.2 Å². The Morgan fingerprint density at radius 3 is 2.36 bits per heavy atom. The molecule has 3 nitrogen and oxygen atoms in total. The van der Waals surface area contributed by atoms with Crippen molar-refractivity contribution in [1.29, 1.82) is 0 Å². The van der Waals surface area contributed by atoms with Crippen molar-refractivity contribution in [2.75, 3.05) is 5.32 Å². The third kappa shape index (κ3) is 4.70. The van der Waals surface area contributed by atoms with Crippen molar-refractivity contribution in [2.24, 2.45) is 0 Å². The Balaban J connectivity index is 1.60. The van der Waals surface area contributed by atoms with Gasteiger partial charge >= 0.3 is 0 Å². The summed E-state index contributed by atoms with van der Waals surface area (Å²) < 4.78 is 5.71. The first-order valence-corrected chi connectivity index (χ1v) is 8.41. The van der Waals surface area contributed by atoms with Gasteiger partial charge in [-0.1, -0.05) is 49.4 Å². The zero-order valence-corrected chi connectivity index (χ0v) is 14.2. The summed E-state index contributed by atoms with van der Waals surface area (Å²) in [6.45, 7) is 2.57. The molecule has 0 unspecified atom stereocenters. The summed E-state index contributed by atoms with van der Waals surface area (Å²) in [5, 5.41) is 2.94. The number of para-hydroxylation sites is 1. The number of hydrogen-bond acceptors (Lipinski definition) is 2. The van der Waals surface area contributed by atoms with Crippen LogP contribution in [0.25, 0.3) is 0 Å². The van der Waals surface area contributed by atoms with Crippen LogP contribution in [0.4, 0.5) is 5.69 Å². The predicted octanol–water partition coefficient (Wildman–Crippen LogP) is 5.08. The molecule has 0 aliphatic heterocycles. The van der Waals surface area contributed by atoms with Gasteiger partial charge in [0.25, 0.3) is 5.91 Å². The smallest absolute Gasteiger partial charge is 0.255 e. The highest BCUT2D eigenvalue weighted by molar-refractivity contribution is 6.04. The number of anilines is 1. The topological polar surface area (TPSA) is 38.3 Å². The number of hydrogen-bond donors (Lipinski definition) is 1. The van der Waals surface area contributed by atoms with E-state index in [4.69, 9.17) is 4.74 Å². The molecule has 3 heteroatoms. The Bertz CT molecular complexity index is 826. The first kappa shape index (κ1) is 16.8. The third-order valence-electron chi connectivity index (χ3n) is 3.96. The fraction of sp³-hybridized carbons (Fsp3) is 0.136. The lowest BCUT2D eigenvalue weighted by Crippen LogP contribution is -2.12. The lowest BCUT2D eigenvalue weighted by molar-refractivity contribution is 0.102. The minimum Gasteiger partial charge on any atom is -0.489 e. The molecule has 25 heavy (non-hydrogen) atoms. The number of nitrogens with one attached hydrogen (secondary N) is 1. The second-order valence-electron chi connectivity index (χ2n) is 5.81. The van der Waals surface area contributed by atoms with Crippen LogP contribution in [0.5, 0.6) is 5.75 Å². The number of rotatable bonds is 6. The molecule has 0 fully saturated rings. The number of amides is 1. The van der Waals surface area contributed by atoms with Gasteiger partial charge < -0.3 is 10.1 Å². The van der Waals surface area contributed by atoms with Gasteiger partial charge in [-0.25, -0.2) is 0 Å². The minimum absolute atomic E-state index is 0.108. The molecule has 1 N–H and O–H groups in total. The van der Waals surface area contributed by atoms with E-state index in [0.717, 1.165) is 23.4 Å². The van der Waals surface area contributed by atoms with E-state index < -0.39 is 0 Å². The van der Waals surface area contributed by atoms with Crippen molar-refractivity contribution in [1.82, 2.24) is 0 Å². The molecule has 0 aliphatic rings. The van der Waals surface area contributed by atoms with Gasteiger partial charge in [-0.3, -0.25) is 4.79 Å². The molecule has 3 aromatic carbocycles. The quantitative estimate of drug-likeness (QED) is 0.684. The van der Waals surface area contributed by atoms with Gasteiger partial charge in [0.15, 0.2) is 0 Å². The Labute approximate surface area is 148 Å². The van der Waals surface area contributed by atoms with E-state index in [1.54, 1.807) is 0 Å². The molecule has 0 heterocycles. The first-order valence-electron chi connectivity index (χ1n) is 8.41. The molecule has 3 aromatic rings. The zero-order chi connectivity index (χ0) is 17.5. The van der Waals surface area contributed by atoms with Crippen LogP contribution in [0.3, 0.4) is 0 Å². The molecule has 0 saturated carbocycles. The van der Waals surface area contributed by atoms with Crippen LogP contribution in [0.15, 0.2) is 78.9 Å². The lowest BCUT2D eigenvalue weighted by atomic mass is 10.1. The van der Waals surface area contributed by atoms with Crippen LogP contribution in [0.2, 0.25) is 0 Å². The van der Waals surface area contributed by atoms with Crippen LogP contribution >= 0.6 is 0 Å². The van der Waals surface area contributed by atoms with E-state index in [2.05, 4.69) is 18.3 Å². The van der Waals surface area contributed by atoms with Gasteiger partial charge in [0.05, 0.1) is 0 Å². The molecule has 0 atom stereocenters. The molecule has 3 rings (SSSR count). The molecule has 0 aliphatic carbocycles. The highest BCUT2D eigenvalue weighted by atomic mass is 16.5. The molecule has 0 aromatic heterocycles. The molecular weight excluding hydrogens is 310 g/mol. The molecule has 0 spiro atoms. The highest BCUT2D eigenvalue weighted by Gasteiger charge is 2.06. The summed E-state index contributed by atoms with van der Waals surface area (Å²) in [4.78, 5) is 12.4. The van der Waals surface area contributed by atoms with E-state index in [1.807, 2.05) is 72.8 Å². The predicted molar refractivity (Wildman–Crippen MR) is 101 cm³/mol. The van der Waals surface area contributed by atoms with Gasteiger partial charge in [-0.15, -0.1) is 0 Å². The van der Waals surface area contributed by atoms with Crippen molar-refractivity contribution in [3.05, 3.63) is 95.6 Å². The lowest BCUT2D eigenvalue weighted by Gasteiger charge is -2.08. The van der Waals surface area contributed by atoms with Crippen LogP contribution in [-0.2, 0) is 13.0 Å². The van der Waals surface area contributed by atoms with Gasteiger partial charge in [0.1, 0.15) is 12.4 Å². The summed E-state index contributed by atoms with van der Waals surface area (Å²) in [7, 11) is 0. The minimum atomic E-state index is -0.108. The van der Waals surface area contributed by atoms with Gasteiger partial charge in [0.2, 0.25) is 0 Å². The molecule has 0 bridgehead atoms. The van der Waals surface area contributed by atoms with Crippen molar-refractivity contribution in [3.63, 3.8) is 0 Å². The Morgan fingerprint density at radius 2 is 1.64 bits per heavy atom. The second kappa shape index (κ2) is 8.15. The van der Waals surface area contributed by atoms with Crippen molar-refractivity contribution in [2.45, 2.75) is 20.0 Å². The Kier molecular flexibility index (Phi) is 5.47. The number of carbonyl (C=O) groups excluding carboxylic acids is 1. The fourth-order valence-corrected chi connectivity index (χ4v) is 2.51. The molecule has 1 amide bonds. The number of benzene rings is 3. The van der Waals surface area contributed by atoms with E-state index in [-0.39, 0.29) is 5.91 Å². The van der Waals surface area contributed by atoms with E-state index >= 15 is 0 Å². The highest BCUT2D eigenvalue weighted by Crippen LogP contribution is 2.15. The normalized spacial score (nSPS) is 10.3. The van der Waals surface area contributed by atoms with E-state index in [9.17, 15) is 4.79 Å². The van der Waals surface area contributed by atoms with Gasteiger partial charge in [0, 0.05) is 11.3 Å². The third-order valence-corrected chi connectivity index (χ3v) is 3.96. The number of carbonyl (C=O) groups is 1. The summed E-state index contributed by atoms with van der Waals surface area (Å²) in [5.41, 5.74) is 3.67. The maximum atomic E-state index is 12.4. The number of aryl methyl sites for hydroxylation is 1. The van der Waals surface area contributed by atoms with Crippen molar-refractivity contribution >= 4 is 11.6 Å². The monoisotopic (exact) mass is 331 g/mol. The summed E-state index contributed by atoms with van der Waals surface area (Å²) in [6, 6.07) is 25.1. The number of ether oxygens (including phenoxy) is 1. The average Bonchev–Trinajstić information content (AvgIpc) is 2.67. The van der Waals surface area contributed by atoms with Gasteiger partial charge in [-0.2, -0.15) is 0 Å². The molecule has 0 radical (unpaired) electrons. The maximum absolute atomic E-state index is 12.4. The first-order chi connectivity index (χ1) is 12.2. The summed E-state index contributed by atoms with van der Waals surface area (Å²) in [5.74, 6) is 0.726. The van der Waals surface area contributed by atoms with Crippen molar-refractivity contribution in [3.8, 4) is 5.75 Å². The van der Waals surface area contributed by atoms with Gasteiger partial charge in [-0.05, 0) is 53.9 Å². The summed E-state index contributed by atoms with van der Waals surface area (Å²) >= 11 is 0. The van der Waals surface area contributed by atoms with Crippen molar-refractivity contribution < 1.29 is 9.53 Å². The fourth-order valence-electron chi connectivity index (χ4n) is 2.51. The largest absolute Gasteiger partial charge is 0.489 e. The summed E-state index contributed by atoms with van der Waals surface area (Å²) in [6.07, 6.45) is 0.944. The molecule has 0 saturated heterocycles. The second-order valence-corrected chi connectivity index (χ2v) is 5.81. The average molecular weight is 331 g/mol. The van der Waals surface area contributed by atoms with Crippen LogP contribution in [0.1, 0.15) is 28.4 Å².